The van der Waals surface area contributed by atoms with Crippen LogP contribution >= 0.6 is 0 Å². The van der Waals surface area contributed by atoms with Gasteiger partial charge in [-0.1, -0.05) is 48.5 Å². The number of unbranched alkanes of at least 4 members (excludes halogenated alkanes) is 1. The zero-order chi connectivity index (χ0) is 22.3. The number of amides is 2. The van der Waals surface area contributed by atoms with Gasteiger partial charge in [0.15, 0.2) is 6.23 Å². The largest absolute Gasteiger partial charge is 0.352 e. The Labute approximate surface area is 186 Å². The maximum Gasteiger partial charge on any atom is 0.255 e. The van der Waals surface area contributed by atoms with E-state index in [0.717, 1.165) is 19.3 Å². The summed E-state index contributed by atoms with van der Waals surface area (Å²) in [4.78, 5) is 26.4. The minimum atomic E-state index is -0.706. The molecule has 6 heteroatoms. The van der Waals surface area contributed by atoms with Crippen molar-refractivity contribution < 1.29 is 18.7 Å². The van der Waals surface area contributed by atoms with E-state index in [-0.39, 0.29) is 18.4 Å². The molecule has 5 nitrogen and oxygen atoms in total. The maximum absolute atomic E-state index is 13.7. The van der Waals surface area contributed by atoms with Crippen molar-refractivity contribution >= 4 is 17.5 Å². The summed E-state index contributed by atoms with van der Waals surface area (Å²) in [5.41, 5.74) is 2.87. The number of halogens is 1. The molecule has 1 aliphatic heterocycles. The normalized spacial score (nSPS) is 15.7. The second-order valence-corrected chi connectivity index (χ2v) is 7.73. The predicted octanol–water partition coefficient (Wildman–Crippen LogP) is 4.64. The van der Waals surface area contributed by atoms with Gasteiger partial charge in [0, 0.05) is 23.4 Å². The average Bonchev–Trinajstić information content (AvgIpc) is 3.21. The second-order valence-electron chi connectivity index (χ2n) is 7.73. The number of benzene rings is 3. The molecule has 1 saturated heterocycles. The lowest BCUT2D eigenvalue weighted by atomic mass is 10.1. The Hall–Kier alpha value is -3.51. The fourth-order valence-electron chi connectivity index (χ4n) is 3.81. The number of nitrogens with one attached hydrogen (secondary N) is 1. The van der Waals surface area contributed by atoms with Gasteiger partial charge in [0.1, 0.15) is 12.4 Å². The fourth-order valence-corrected chi connectivity index (χ4v) is 3.81. The van der Waals surface area contributed by atoms with Gasteiger partial charge >= 0.3 is 0 Å². The van der Waals surface area contributed by atoms with E-state index in [0.29, 0.717) is 23.4 Å². The summed E-state index contributed by atoms with van der Waals surface area (Å²) in [6.07, 6.45) is 2.15. The van der Waals surface area contributed by atoms with Crippen molar-refractivity contribution in [2.24, 2.45) is 0 Å². The molecule has 0 aliphatic carbocycles. The van der Waals surface area contributed by atoms with Crippen LogP contribution in [0.4, 0.5) is 10.1 Å². The molecule has 1 heterocycles. The van der Waals surface area contributed by atoms with Gasteiger partial charge in [-0.15, -0.1) is 0 Å². The quantitative estimate of drug-likeness (QED) is 0.528. The second kappa shape index (κ2) is 10.2. The van der Waals surface area contributed by atoms with Crippen LogP contribution in [0, 0.1) is 5.82 Å². The fraction of sp³-hybridized carbons (Fsp3) is 0.231. The lowest BCUT2D eigenvalue weighted by Gasteiger charge is -2.24. The Morgan fingerprint density at radius 1 is 1.00 bits per heavy atom. The minimum Gasteiger partial charge on any atom is -0.352 e. The van der Waals surface area contributed by atoms with Gasteiger partial charge in [-0.3, -0.25) is 14.5 Å². The Balaban J connectivity index is 1.37. The minimum absolute atomic E-state index is 0.0982. The number of hydrogen-bond acceptors (Lipinski definition) is 3. The van der Waals surface area contributed by atoms with Gasteiger partial charge < -0.3 is 10.1 Å². The third kappa shape index (κ3) is 5.21. The lowest BCUT2D eigenvalue weighted by molar-refractivity contribution is -0.117. The first-order chi connectivity index (χ1) is 15.6. The van der Waals surface area contributed by atoms with Gasteiger partial charge in [0.2, 0.25) is 0 Å². The molecule has 1 aliphatic rings. The van der Waals surface area contributed by atoms with Gasteiger partial charge in [0.25, 0.3) is 11.8 Å². The summed E-state index contributed by atoms with van der Waals surface area (Å²) >= 11 is 0. The summed E-state index contributed by atoms with van der Waals surface area (Å²) < 4.78 is 19.4. The van der Waals surface area contributed by atoms with Crippen LogP contribution in [-0.4, -0.2) is 25.0 Å². The Morgan fingerprint density at radius 3 is 2.62 bits per heavy atom. The lowest BCUT2D eigenvalue weighted by Crippen LogP contribution is -2.29. The molecular weight excluding hydrogens is 407 g/mol. The molecule has 1 unspecified atom stereocenters. The van der Waals surface area contributed by atoms with E-state index in [1.165, 1.54) is 22.6 Å². The Morgan fingerprint density at radius 2 is 1.81 bits per heavy atom. The summed E-state index contributed by atoms with van der Waals surface area (Å²) in [6.45, 7) is 0.489. The smallest absolute Gasteiger partial charge is 0.255 e. The van der Waals surface area contributed by atoms with Crippen LogP contribution < -0.4 is 10.2 Å². The maximum atomic E-state index is 13.7. The molecule has 0 aromatic heterocycles. The van der Waals surface area contributed by atoms with E-state index in [2.05, 4.69) is 17.4 Å². The third-order valence-electron chi connectivity index (χ3n) is 5.41. The molecule has 2 amide bonds. The molecule has 1 N–H and O–H groups in total. The van der Waals surface area contributed by atoms with Gasteiger partial charge in [0.05, 0.1) is 0 Å². The topological polar surface area (TPSA) is 58.6 Å². The predicted molar refractivity (Wildman–Crippen MR) is 121 cm³/mol. The molecule has 1 fully saturated rings. The van der Waals surface area contributed by atoms with E-state index in [1.54, 1.807) is 36.4 Å². The van der Waals surface area contributed by atoms with E-state index in [1.807, 2.05) is 18.2 Å². The highest BCUT2D eigenvalue weighted by Crippen LogP contribution is 2.33. The van der Waals surface area contributed by atoms with Crippen molar-refractivity contribution in [2.75, 3.05) is 18.1 Å². The number of nitrogens with zero attached hydrogens (tertiary/aromatic N) is 1. The molecule has 0 bridgehead atoms. The SMILES string of the molecule is O=C(NCCCCc1ccccc1)c1cccc(C2OCC(=O)N2c2cccc(F)c2)c1. The summed E-state index contributed by atoms with van der Waals surface area (Å²) in [5, 5.41) is 2.95. The number of carbonyl (C=O) groups is 2. The summed E-state index contributed by atoms with van der Waals surface area (Å²) in [7, 11) is 0. The first-order valence-corrected chi connectivity index (χ1v) is 10.7. The van der Waals surface area contributed by atoms with Crippen molar-refractivity contribution in [2.45, 2.75) is 25.5 Å². The molecule has 32 heavy (non-hydrogen) atoms. The van der Waals surface area contributed by atoms with Crippen LogP contribution in [-0.2, 0) is 16.0 Å². The van der Waals surface area contributed by atoms with Crippen LogP contribution in [0.5, 0.6) is 0 Å². The van der Waals surface area contributed by atoms with Crippen molar-refractivity contribution in [3.8, 4) is 0 Å². The van der Waals surface area contributed by atoms with E-state index in [4.69, 9.17) is 4.74 Å². The van der Waals surface area contributed by atoms with E-state index in [9.17, 15) is 14.0 Å². The molecule has 0 saturated carbocycles. The molecule has 4 rings (SSSR count). The Kier molecular flexibility index (Phi) is 6.92. The van der Waals surface area contributed by atoms with E-state index >= 15 is 0 Å². The van der Waals surface area contributed by atoms with Crippen LogP contribution in [0.2, 0.25) is 0 Å². The third-order valence-corrected chi connectivity index (χ3v) is 5.41. The van der Waals surface area contributed by atoms with Gasteiger partial charge in [-0.2, -0.15) is 0 Å². The Bertz CT molecular complexity index is 1090. The van der Waals surface area contributed by atoms with Crippen molar-refractivity contribution in [1.29, 1.82) is 0 Å². The first kappa shape index (κ1) is 21.7. The number of hydrogen-bond donors (Lipinski definition) is 1. The standard InChI is InChI=1S/C26H25FN2O3/c27-22-13-7-14-23(17-22)29-24(30)18-32-26(29)21-12-6-11-20(16-21)25(31)28-15-5-4-10-19-8-2-1-3-9-19/h1-3,6-9,11-14,16-17,26H,4-5,10,15,18H2,(H,28,31). The van der Waals surface area contributed by atoms with E-state index < -0.39 is 12.0 Å². The van der Waals surface area contributed by atoms with Crippen LogP contribution in [0.15, 0.2) is 78.9 Å². The summed E-state index contributed by atoms with van der Waals surface area (Å²) in [5.74, 6) is -0.858. The number of rotatable bonds is 8. The molecule has 0 spiro atoms. The average molecular weight is 432 g/mol. The zero-order valence-electron chi connectivity index (χ0n) is 17.7. The highest BCUT2D eigenvalue weighted by atomic mass is 19.1. The first-order valence-electron chi connectivity index (χ1n) is 10.7. The van der Waals surface area contributed by atoms with Gasteiger partial charge in [-0.25, -0.2) is 4.39 Å². The molecule has 3 aromatic carbocycles. The molecular formula is C26H25FN2O3. The molecule has 1 atom stereocenters. The van der Waals surface area contributed by atoms with Crippen LogP contribution in [0.1, 0.15) is 40.6 Å². The number of aryl methyl sites for hydroxylation is 1. The van der Waals surface area contributed by atoms with Crippen molar-refractivity contribution in [1.82, 2.24) is 5.32 Å². The number of anilines is 1. The molecule has 0 radical (unpaired) electrons. The van der Waals surface area contributed by atoms with Crippen LogP contribution in [0.3, 0.4) is 0 Å². The number of ether oxygens (including phenoxy) is 1. The van der Waals surface area contributed by atoms with Gasteiger partial charge in [-0.05, 0) is 55.2 Å². The van der Waals surface area contributed by atoms with Crippen molar-refractivity contribution in [3.05, 3.63) is 101 Å². The van der Waals surface area contributed by atoms with Crippen molar-refractivity contribution in [3.63, 3.8) is 0 Å². The highest BCUT2D eigenvalue weighted by molar-refractivity contribution is 5.97. The molecule has 164 valence electrons. The monoisotopic (exact) mass is 432 g/mol. The van der Waals surface area contributed by atoms with Crippen LogP contribution in [0.25, 0.3) is 0 Å². The number of carbonyl (C=O) groups excluding carboxylic acids is 2. The molecule has 3 aromatic rings. The highest BCUT2D eigenvalue weighted by Gasteiger charge is 2.34. The zero-order valence-corrected chi connectivity index (χ0v) is 17.7. The summed E-state index contributed by atoms with van der Waals surface area (Å²) in [6, 6.07) is 23.1.